The van der Waals surface area contributed by atoms with Gasteiger partial charge in [0.25, 0.3) is 0 Å². The number of urea groups is 1. The molecular weight excluding hydrogens is 416 g/mol. The fraction of sp³-hybridized carbons (Fsp3) is 0.500. The van der Waals surface area contributed by atoms with Gasteiger partial charge in [0, 0.05) is 44.0 Å². The predicted octanol–water partition coefficient (Wildman–Crippen LogP) is 1.64. The Bertz CT molecular complexity index is 879. The first-order chi connectivity index (χ1) is 15.5. The van der Waals surface area contributed by atoms with Crippen molar-refractivity contribution in [1.82, 2.24) is 20.4 Å². The van der Waals surface area contributed by atoms with E-state index in [2.05, 4.69) is 15.5 Å². The van der Waals surface area contributed by atoms with Gasteiger partial charge in [0.2, 0.25) is 0 Å². The Balaban J connectivity index is 1.86. The Morgan fingerprint density at radius 2 is 1.81 bits per heavy atom. The highest BCUT2D eigenvalue weighted by Gasteiger charge is 2.36. The Morgan fingerprint density at radius 1 is 1.09 bits per heavy atom. The molecule has 2 aliphatic heterocycles. The van der Waals surface area contributed by atoms with E-state index in [4.69, 9.17) is 14.2 Å². The molecule has 10 nitrogen and oxygen atoms in total. The van der Waals surface area contributed by atoms with Crippen molar-refractivity contribution in [2.45, 2.75) is 19.9 Å². The smallest absolute Gasteiger partial charge is 0.409 e. The number of methoxy groups -OCH3 is 1. The van der Waals surface area contributed by atoms with E-state index in [1.165, 1.54) is 7.11 Å². The lowest BCUT2D eigenvalue weighted by molar-refractivity contribution is -0.136. The third kappa shape index (κ3) is 5.31. The molecule has 10 heteroatoms. The molecule has 0 aromatic heterocycles. The number of esters is 1. The summed E-state index contributed by atoms with van der Waals surface area (Å²) in [5.74, 6) is 0.0555. The van der Waals surface area contributed by atoms with Crippen LogP contribution in [0.4, 0.5) is 9.59 Å². The number of amides is 3. The Labute approximate surface area is 187 Å². The van der Waals surface area contributed by atoms with Gasteiger partial charge in [0.15, 0.2) is 0 Å². The lowest BCUT2D eigenvalue weighted by atomic mass is 9.94. The summed E-state index contributed by atoms with van der Waals surface area (Å²) in [6, 6.07) is 6.16. The Kier molecular flexibility index (Phi) is 7.93. The van der Waals surface area contributed by atoms with E-state index in [9.17, 15) is 14.4 Å². The summed E-state index contributed by atoms with van der Waals surface area (Å²) in [6.07, 6.45) is -0.329. The van der Waals surface area contributed by atoms with Gasteiger partial charge in [-0.05, 0) is 19.9 Å². The zero-order valence-corrected chi connectivity index (χ0v) is 18.7. The number of piperazine rings is 1. The van der Waals surface area contributed by atoms with E-state index in [1.54, 1.807) is 17.9 Å². The topological polar surface area (TPSA) is 109 Å². The number of carbonyl (C=O) groups is 3. The molecule has 2 heterocycles. The maximum atomic E-state index is 12.8. The van der Waals surface area contributed by atoms with E-state index in [1.807, 2.05) is 25.1 Å². The van der Waals surface area contributed by atoms with E-state index in [0.29, 0.717) is 68.5 Å². The summed E-state index contributed by atoms with van der Waals surface area (Å²) in [7, 11) is 1.31. The molecule has 0 bridgehead atoms. The lowest BCUT2D eigenvalue weighted by Crippen LogP contribution is -2.52. The second kappa shape index (κ2) is 10.9. The van der Waals surface area contributed by atoms with E-state index >= 15 is 0 Å². The number of hydrogen-bond acceptors (Lipinski definition) is 7. The van der Waals surface area contributed by atoms with Crippen LogP contribution in [0.15, 0.2) is 35.5 Å². The fourth-order valence-corrected chi connectivity index (χ4v) is 3.86. The number of carbonyl (C=O) groups excluding carboxylic acids is 3. The van der Waals surface area contributed by atoms with Crippen LogP contribution in [0.3, 0.4) is 0 Å². The highest BCUT2D eigenvalue weighted by Crippen LogP contribution is 2.33. The molecule has 1 unspecified atom stereocenters. The standard InChI is InChI=1S/C22H30N4O6/c1-4-31-17-9-7-6-8-15(17)19-18(20(27)30-3)16(23-21(28)24-19)14-25-10-12-26(13-11-25)22(29)32-5-2/h6-9,19H,4-5,10-14H2,1-3H3,(H2,23,24,28). The third-order valence-corrected chi connectivity index (χ3v) is 5.37. The molecular formula is C22H30N4O6. The molecule has 3 amide bonds. The second-order valence-corrected chi connectivity index (χ2v) is 7.35. The number of para-hydroxylation sites is 1. The van der Waals surface area contributed by atoms with Gasteiger partial charge in [-0.1, -0.05) is 18.2 Å². The van der Waals surface area contributed by atoms with Gasteiger partial charge in [-0.2, -0.15) is 0 Å². The van der Waals surface area contributed by atoms with Crippen LogP contribution < -0.4 is 15.4 Å². The van der Waals surface area contributed by atoms with Gasteiger partial charge in [0.05, 0.1) is 31.9 Å². The highest BCUT2D eigenvalue weighted by atomic mass is 16.6. The SMILES string of the molecule is CCOC(=O)N1CCN(CC2=C(C(=O)OC)C(c3ccccc3OCC)NC(=O)N2)CC1. The summed E-state index contributed by atoms with van der Waals surface area (Å²) in [6.45, 7) is 6.93. The summed E-state index contributed by atoms with van der Waals surface area (Å²) < 4.78 is 15.8. The molecule has 2 aliphatic rings. The van der Waals surface area contributed by atoms with Crippen LogP contribution in [0.5, 0.6) is 5.75 Å². The van der Waals surface area contributed by atoms with Crippen LogP contribution in [0, 0.1) is 0 Å². The highest BCUT2D eigenvalue weighted by molar-refractivity contribution is 5.95. The van der Waals surface area contributed by atoms with Crippen LogP contribution in [-0.2, 0) is 14.3 Å². The molecule has 2 N–H and O–H groups in total. The molecule has 1 aromatic carbocycles. The normalized spacial score (nSPS) is 19.2. The van der Waals surface area contributed by atoms with Crippen molar-refractivity contribution in [3.05, 3.63) is 41.1 Å². The maximum Gasteiger partial charge on any atom is 0.409 e. The van der Waals surface area contributed by atoms with Crippen molar-refractivity contribution in [2.24, 2.45) is 0 Å². The van der Waals surface area contributed by atoms with Crippen molar-refractivity contribution in [1.29, 1.82) is 0 Å². The molecule has 0 saturated carbocycles. The third-order valence-electron chi connectivity index (χ3n) is 5.37. The van der Waals surface area contributed by atoms with E-state index in [-0.39, 0.29) is 6.09 Å². The van der Waals surface area contributed by atoms with Crippen molar-refractivity contribution < 1.29 is 28.6 Å². The van der Waals surface area contributed by atoms with Gasteiger partial charge in [-0.15, -0.1) is 0 Å². The first-order valence-electron chi connectivity index (χ1n) is 10.7. The van der Waals surface area contributed by atoms with E-state index in [0.717, 1.165) is 0 Å². The summed E-state index contributed by atoms with van der Waals surface area (Å²) >= 11 is 0. The molecule has 0 spiro atoms. The first-order valence-corrected chi connectivity index (χ1v) is 10.7. The zero-order valence-electron chi connectivity index (χ0n) is 18.7. The number of nitrogens with one attached hydrogen (secondary N) is 2. The van der Waals surface area contributed by atoms with Gasteiger partial charge >= 0.3 is 18.1 Å². The molecule has 1 saturated heterocycles. The minimum Gasteiger partial charge on any atom is -0.494 e. The number of ether oxygens (including phenoxy) is 3. The summed E-state index contributed by atoms with van der Waals surface area (Å²) in [4.78, 5) is 41.0. The monoisotopic (exact) mass is 446 g/mol. The molecule has 1 atom stereocenters. The Morgan fingerprint density at radius 3 is 2.47 bits per heavy atom. The number of rotatable bonds is 7. The number of hydrogen-bond donors (Lipinski definition) is 2. The first kappa shape index (κ1) is 23.4. The molecule has 1 fully saturated rings. The molecule has 32 heavy (non-hydrogen) atoms. The predicted molar refractivity (Wildman–Crippen MR) is 116 cm³/mol. The zero-order chi connectivity index (χ0) is 23.1. The average molecular weight is 447 g/mol. The van der Waals surface area contributed by atoms with Crippen LogP contribution in [0.25, 0.3) is 0 Å². The minimum atomic E-state index is -0.713. The lowest BCUT2D eigenvalue weighted by Gasteiger charge is -2.36. The van der Waals surface area contributed by atoms with Crippen molar-refractivity contribution in [3.63, 3.8) is 0 Å². The fourth-order valence-electron chi connectivity index (χ4n) is 3.86. The number of nitrogens with zero attached hydrogens (tertiary/aromatic N) is 2. The van der Waals surface area contributed by atoms with Crippen molar-refractivity contribution >= 4 is 18.1 Å². The molecule has 3 rings (SSSR count). The number of benzene rings is 1. The Hall–Kier alpha value is -3.27. The van der Waals surface area contributed by atoms with Crippen LogP contribution >= 0.6 is 0 Å². The molecule has 0 aliphatic carbocycles. The average Bonchev–Trinajstić information content (AvgIpc) is 2.79. The molecule has 174 valence electrons. The van der Waals surface area contributed by atoms with Gasteiger partial charge in [-0.25, -0.2) is 14.4 Å². The van der Waals surface area contributed by atoms with Crippen LogP contribution in [0.2, 0.25) is 0 Å². The molecule has 0 radical (unpaired) electrons. The van der Waals surface area contributed by atoms with Gasteiger partial charge < -0.3 is 29.7 Å². The van der Waals surface area contributed by atoms with Crippen molar-refractivity contribution in [3.8, 4) is 5.75 Å². The minimum absolute atomic E-state index is 0.326. The quantitative estimate of drug-likeness (QED) is 0.613. The van der Waals surface area contributed by atoms with E-state index < -0.39 is 18.0 Å². The maximum absolute atomic E-state index is 12.8. The largest absolute Gasteiger partial charge is 0.494 e. The van der Waals surface area contributed by atoms with Crippen molar-refractivity contribution in [2.75, 3.05) is 53.0 Å². The van der Waals surface area contributed by atoms with Gasteiger partial charge in [0.1, 0.15) is 5.75 Å². The van der Waals surface area contributed by atoms with Gasteiger partial charge in [-0.3, -0.25) is 4.90 Å². The summed E-state index contributed by atoms with van der Waals surface area (Å²) in [5, 5.41) is 5.60. The summed E-state index contributed by atoms with van der Waals surface area (Å²) in [5.41, 5.74) is 1.47. The molecule has 1 aromatic rings. The second-order valence-electron chi connectivity index (χ2n) is 7.35. The van der Waals surface area contributed by atoms with Crippen LogP contribution in [0.1, 0.15) is 25.5 Å². The van der Waals surface area contributed by atoms with Crippen LogP contribution in [-0.4, -0.2) is 80.9 Å².